The third-order valence-electron chi connectivity index (χ3n) is 7.63. The van der Waals surface area contributed by atoms with Crippen LogP contribution in [0.4, 0.5) is 17.1 Å². The number of carbonyl (C=O) groups is 4. The molecule has 0 aliphatic heterocycles. The largest absolute Gasteiger partial charge is 0.462 e. The molecule has 0 saturated carbocycles. The van der Waals surface area contributed by atoms with Crippen molar-refractivity contribution >= 4 is 46.4 Å². The summed E-state index contributed by atoms with van der Waals surface area (Å²) in [5.41, 5.74) is 2.43. The molecule has 46 heavy (non-hydrogen) atoms. The molecule has 2 unspecified atom stereocenters. The van der Waals surface area contributed by atoms with Crippen molar-refractivity contribution in [1.29, 1.82) is 0 Å². The molecule has 2 aromatic rings. The summed E-state index contributed by atoms with van der Waals surface area (Å²) >= 11 is 0. The van der Waals surface area contributed by atoms with Crippen molar-refractivity contribution in [3.63, 3.8) is 0 Å². The minimum atomic E-state index is -0.847. The zero-order valence-electron chi connectivity index (χ0n) is 27.4. The lowest BCUT2D eigenvalue weighted by atomic mass is 10.0. The van der Waals surface area contributed by atoms with E-state index in [0.717, 1.165) is 58.3 Å². The van der Waals surface area contributed by atoms with E-state index in [2.05, 4.69) is 29.7 Å². The normalized spacial score (nSPS) is 12.5. The Morgan fingerprint density at radius 3 is 1.80 bits per heavy atom. The Balaban J connectivity index is 2.31. The van der Waals surface area contributed by atoms with Gasteiger partial charge in [-0.05, 0) is 55.0 Å². The molecule has 2 aromatic carbocycles. The summed E-state index contributed by atoms with van der Waals surface area (Å²) < 4.78 is 11.3. The van der Waals surface area contributed by atoms with Crippen LogP contribution in [0.2, 0.25) is 0 Å². The Bertz CT molecular complexity index is 1370. The second-order valence-electron chi connectivity index (χ2n) is 11.2. The third kappa shape index (κ3) is 12.1. The maximum absolute atomic E-state index is 13.3. The molecular formula is C34H46N4O8. The average molecular weight is 639 g/mol. The molecule has 0 saturated heterocycles. The zero-order chi connectivity index (χ0) is 34.1. The third-order valence-corrected chi connectivity index (χ3v) is 7.63. The van der Waals surface area contributed by atoms with Gasteiger partial charge in [-0.2, -0.15) is 5.10 Å². The fourth-order valence-corrected chi connectivity index (χ4v) is 4.57. The Labute approximate surface area is 270 Å². The predicted octanol–water partition coefficient (Wildman–Crippen LogP) is 7.34. The molecule has 0 spiro atoms. The lowest BCUT2D eigenvalue weighted by molar-refractivity contribution is -0.384. The number of non-ortho nitro benzene ring substituents is 1. The number of ether oxygens (including phenoxy) is 2. The fourth-order valence-electron chi connectivity index (χ4n) is 4.57. The molecule has 0 fully saturated rings. The Kier molecular flexibility index (Phi) is 16.1. The number of Topliss-reactive ketones (excluding diaryl/α,β-unsaturated/α-hetero) is 1. The van der Waals surface area contributed by atoms with E-state index < -0.39 is 34.3 Å². The smallest absolute Gasteiger partial charge is 0.339 e. The number of benzene rings is 2. The summed E-state index contributed by atoms with van der Waals surface area (Å²) in [5.74, 6) is -2.46. The topological polar surface area (TPSA) is 166 Å². The molecule has 2 rings (SSSR count). The van der Waals surface area contributed by atoms with Gasteiger partial charge in [-0.3, -0.25) is 25.1 Å². The maximum atomic E-state index is 13.3. The van der Waals surface area contributed by atoms with E-state index in [0.29, 0.717) is 0 Å². The average Bonchev–Trinajstić information content (AvgIpc) is 3.04. The molecular weight excluding hydrogens is 592 g/mol. The van der Waals surface area contributed by atoms with Crippen LogP contribution >= 0.6 is 0 Å². The number of hydrazone groups is 1. The number of nitro groups is 1. The van der Waals surface area contributed by atoms with E-state index in [9.17, 15) is 29.3 Å². The first-order valence-corrected chi connectivity index (χ1v) is 15.9. The van der Waals surface area contributed by atoms with Gasteiger partial charge in [-0.25, -0.2) is 9.59 Å². The van der Waals surface area contributed by atoms with Gasteiger partial charge < -0.3 is 14.8 Å². The molecule has 0 aliphatic rings. The number of nitro benzene ring substituents is 1. The van der Waals surface area contributed by atoms with Crippen molar-refractivity contribution in [3.8, 4) is 0 Å². The number of esters is 2. The molecule has 1 amide bonds. The van der Waals surface area contributed by atoms with E-state index in [4.69, 9.17) is 9.47 Å². The van der Waals surface area contributed by atoms with Crippen molar-refractivity contribution < 1.29 is 33.6 Å². The number of unbranched alkanes of at least 4 members (excludes halogenated alkanes) is 2. The van der Waals surface area contributed by atoms with Crippen LogP contribution in [-0.4, -0.2) is 47.5 Å². The number of amides is 1. The number of hydrogen-bond donors (Lipinski definition) is 2. The number of nitrogens with zero attached hydrogens (tertiary/aromatic N) is 2. The minimum Gasteiger partial charge on any atom is -0.462 e. The van der Waals surface area contributed by atoms with Gasteiger partial charge in [0.2, 0.25) is 0 Å². The Morgan fingerprint density at radius 1 is 0.804 bits per heavy atom. The molecule has 0 radical (unpaired) electrons. The van der Waals surface area contributed by atoms with Crippen LogP contribution in [0.15, 0.2) is 47.6 Å². The van der Waals surface area contributed by atoms with Gasteiger partial charge in [0.1, 0.15) is 0 Å². The Morgan fingerprint density at radius 2 is 1.33 bits per heavy atom. The summed E-state index contributed by atoms with van der Waals surface area (Å²) in [7, 11) is 0. The monoisotopic (exact) mass is 638 g/mol. The van der Waals surface area contributed by atoms with E-state index in [1.165, 1.54) is 42.5 Å². The first-order chi connectivity index (χ1) is 22.0. The highest BCUT2D eigenvalue weighted by atomic mass is 16.6. The predicted molar refractivity (Wildman–Crippen MR) is 177 cm³/mol. The molecule has 0 heterocycles. The van der Waals surface area contributed by atoms with Crippen molar-refractivity contribution in [1.82, 2.24) is 0 Å². The van der Waals surface area contributed by atoms with Crippen molar-refractivity contribution in [2.24, 2.45) is 16.9 Å². The summed E-state index contributed by atoms with van der Waals surface area (Å²) in [5, 5.41) is 17.3. The van der Waals surface area contributed by atoms with Crippen LogP contribution in [-0.2, 0) is 19.1 Å². The van der Waals surface area contributed by atoms with E-state index in [1.54, 1.807) is 0 Å². The molecule has 0 aromatic heterocycles. The molecule has 2 N–H and O–H groups in total. The summed E-state index contributed by atoms with van der Waals surface area (Å²) in [6.45, 7) is 9.87. The fraction of sp³-hybridized carbons (Fsp3) is 0.500. The standard InChI is InChI=1S/C34H46N4O8/c1-6-10-12-24(8-3)21-45-33(41)29-19-16-27(20-30(29)34(42)46-22-25(9-4)13-11-7-2)36-37-31(23(5)39)32(40)35-26-14-17-28(18-15-26)38(43)44/h14-20,24-25,36H,6-13,21-22H2,1-5H3,(H,35,40)/b37-31-. The molecule has 12 nitrogen and oxygen atoms in total. The van der Waals surface area contributed by atoms with Gasteiger partial charge in [-0.15, -0.1) is 0 Å². The van der Waals surface area contributed by atoms with Crippen LogP contribution in [0.3, 0.4) is 0 Å². The van der Waals surface area contributed by atoms with Gasteiger partial charge in [0, 0.05) is 24.7 Å². The summed E-state index contributed by atoms with van der Waals surface area (Å²) in [6, 6.07) is 9.35. The van der Waals surface area contributed by atoms with E-state index in [-0.39, 0.29) is 53.2 Å². The van der Waals surface area contributed by atoms with Crippen LogP contribution in [0.5, 0.6) is 0 Å². The lowest BCUT2D eigenvalue weighted by Crippen LogP contribution is -2.29. The number of ketones is 1. The summed E-state index contributed by atoms with van der Waals surface area (Å²) in [6.07, 6.45) is 7.65. The van der Waals surface area contributed by atoms with Gasteiger partial charge in [0.15, 0.2) is 11.5 Å². The zero-order valence-corrected chi connectivity index (χ0v) is 27.4. The molecule has 2 atom stereocenters. The first-order valence-electron chi connectivity index (χ1n) is 15.9. The quantitative estimate of drug-likeness (QED) is 0.0496. The number of carbonyl (C=O) groups excluding carboxylic acids is 4. The van der Waals surface area contributed by atoms with Crippen molar-refractivity contribution in [2.45, 2.75) is 86.0 Å². The molecule has 0 aliphatic carbocycles. The van der Waals surface area contributed by atoms with E-state index in [1.807, 2.05) is 13.8 Å². The molecule has 12 heteroatoms. The SMILES string of the molecule is CCCCC(CC)COC(=O)c1ccc(N/N=C(/C(C)=O)C(=O)Nc2ccc([N+](=O)[O-])cc2)cc1C(=O)OCC(CC)CCCC. The second kappa shape index (κ2) is 19.7. The van der Waals surface area contributed by atoms with Crippen LogP contribution in [0.1, 0.15) is 107 Å². The minimum absolute atomic E-state index is 0.0307. The second-order valence-corrected chi connectivity index (χ2v) is 11.2. The summed E-state index contributed by atoms with van der Waals surface area (Å²) in [4.78, 5) is 61.9. The first kappa shape index (κ1) is 37.6. The molecule has 250 valence electrons. The van der Waals surface area contributed by atoms with Crippen molar-refractivity contribution in [3.05, 3.63) is 63.7 Å². The van der Waals surface area contributed by atoms with Crippen LogP contribution in [0.25, 0.3) is 0 Å². The number of anilines is 2. The molecule has 0 bridgehead atoms. The van der Waals surface area contributed by atoms with E-state index >= 15 is 0 Å². The highest BCUT2D eigenvalue weighted by Gasteiger charge is 2.23. The van der Waals surface area contributed by atoms with Gasteiger partial charge in [-0.1, -0.05) is 66.2 Å². The van der Waals surface area contributed by atoms with Gasteiger partial charge >= 0.3 is 11.9 Å². The highest BCUT2D eigenvalue weighted by molar-refractivity contribution is 6.67. The van der Waals surface area contributed by atoms with Crippen LogP contribution in [0, 0.1) is 22.0 Å². The highest BCUT2D eigenvalue weighted by Crippen LogP contribution is 2.22. The number of hydrogen-bond acceptors (Lipinski definition) is 10. The number of rotatable bonds is 20. The van der Waals surface area contributed by atoms with Crippen LogP contribution < -0.4 is 10.7 Å². The number of nitrogens with one attached hydrogen (secondary N) is 2. The van der Waals surface area contributed by atoms with Gasteiger partial charge in [0.05, 0.1) is 35.0 Å². The maximum Gasteiger partial charge on any atom is 0.339 e. The Hall–Kier alpha value is -4.61. The lowest BCUT2D eigenvalue weighted by Gasteiger charge is -2.17. The van der Waals surface area contributed by atoms with Crippen molar-refractivity contribution in [2.75, 3.05) is 24.0 Å². The van der Waals surface area contributed by atoms with Gasteiger partial charge in [0.25, 0.3) is 11.6 Å².